The van der Waals surface area contributed by atoms with Crippen molar-refractivity contribution < 1.29 is 0 Å². The molecule has 0 saturated heterocycles. The number of unbranched alkanes of at least 4 members (excludes halogenated alkanes) is 4. The molecule has 0 heterocycles. The number of benzene rings is 1. The Kier molecular flexibility index (Phi) is 6.96. The lowest BCUT2D eigenvalue weighted by molar-refractivity contribution is 0.515. The smallest absolute Gasteiger partial charge is 0.0149 e. The fourth-order valence-corrected chi connectivity index (χ4v) is 1.98. The molecule has 1 rings (SSSR count). The maximum absolute atomic E-state index is 3.29. The standard InChI is InChI=1S/C16H25/c1-15(2)11-7-4-3-5-8-12-16-13-9-6-10-14-16/h6,9-10,13,15H,3-5,7-8,11-12H2,1-2H3. The highest BCUT2D eigenvalue weighted by Crippen LogP contribution is 2.12. The molecule has 0 N–H and O–H groups in total. The van der Waals surface area contributed by atoms with Gasteiger partial charge in [0.2, 0.25) is 0 Å². The maximum atomic E-state index is 3.29. The Labute approximate surface area is 101 Å². The van der Waals surface area contributed by atoms with E-state index in [2.05, 4.69) is 32.0 Å². The molecule has 0 aliphatic rings. The maximum Gasteiger partial charge on any atom is -0.0149 e. The first-order valence-electron chi connectivity index (χ1n) is 6.74. The van der Waals surface area contributed by atoms with Gasteiger partial charge in [0.1, 0.15) is 0 Å². The van der Waals surface area contributed by atoms with Crippen LogP contribution < -0.4 is 0 Å². The van der Waals surface area contributed by atoms with Gasteiger partial charge in [-0.05, 0) is 30.4 Å². The zero-order valence-corrected chi connectivity index (χ0v) is 10.8. The summed E-state index contributed by atoms with van der Waals surface area (Å²) in [5.41, 5.74) is 1.37. The number of aryl methyl sites for hydroxylation is 1. The Morgan fingerprint density at radius 3 is 2.44 bits per heavy atom. The summed E-state index contributed by atoms with van der Waals surface area (Å²) in [5.74, 6) is 0.874. The Morgan fingerprint density at radius 2 is 1.75 bits per heavy atom. The third-order valence-corrected chi connectivity index (χ3v) is 3.00. The van der Waals surface area contributed by atoms with Gasteiger partial charge < -0.3 is 0 Å². The predicted molar refractivity (Wildman–Crippen MR) is 71.5 cm³/mol. The average molecular weight is 217 g/mol. The van der Waals surface area contributed by atoms with Gasteiger partial charge in [-0.3, -0.25) is 0 Å². The first-order valence-corrected chi connectivity index (χ1v) is 6.74. The molecule has 0 amide bonds. The van der Waals surface area contributed by atoms with Crippen LogP contribution in [0.25, 0.3) is 0 Å². The molecule has 0 saturated carbocycles. The van der Waals surface area contributed by atoms with E-state index in [1.54, 1.807) is 0 Å². The summed E-state index contributed by atoms with van der Waals surface area (Å²) in [6.07, 6.45) is 9.52. The van der Waals surface area contributed by atoms with Crippen molar-refractivity contribution in [3.63, 3.8) is 0 Å². The van der Waals surface area contributed by atoms with Crippen LogP contribution in [-0.4, -0.2) is 0 Å². The first-order chi connectivity index (χ1) is 7.79. The minimum Gasteiger partial charge on any atom is -0.0628 e. The quantitative estimate of drug-likeness (QED) is 0.536. The van der Waals surface area contributed by atoms with Gasteiger partial charge in [0.25, 0.3) is 0 Å². The molecule has 0 unspecified atom stereocenters. The van der Waals surface area contributed by atoms with E-state index >= 15 is 0 Å². The van der Waals surface area contributed by atoms with Crippen LogP contribution in [0.2, 0.25) is 0 Å². The van der Waals surface area contributed by atoms with Crippen molar-refractivity contribution in [1.29, 1.82) is 0 Å². The van der Waals surface area contributed by atoms with Crippen LogP contribution in [0.3, 0.4) is 0 Å². The van der Waals surface area contributed by atoms with E-state index in [-0.39, 0.29) is 0 Å². The molecule has 0 fully saturated rings. The monoisotopic (exact) mass is 217 g/mol. The summed E-state index contributed by atoms with van der Waals surface area (Å²) in [7, 11) is 0. The summed E-state index contributed by atoms with van der Waals surface area (Å²) in [4.78, 5) is 0. The van der Waals surface area contributed by atoms with E-state index in [1.807, 2.05) is 12.1 Å². The Balaban J connectivity index is 1.93. The van der Waals surface area contributed by atoms with Gasteiger partial charge in [0.05, 0.1) is 0 Å². The van der Waals surface area contributed by atoms with Gasteiger partial charge in [-0.2, -0.15) is 0 Å². The van der Waals surface area contributed by atoms with E-state index in [9.17, 15) is 0 Å². The van der Waals surface area contributed by atoms with E-state index in [4.69, 9.17) is 0 Å². The predicted octanol–water partition coefficient (Wildman–Crippen LogP) is 5.03. The lowest BCUT2D eigenvalue weighted by Gasteiger charge is -2.04. The zero-order chi connectivity index (χ0) is 11.6. The molecule has 0 aliphatic heterocycles. The van der Waals surface area contributed by atoms with Crippen molar-refractivity contribution in [3.05, 3.63) is 35.9 Å². The fourth-order valence-electron chi connectivity index (χ4n) is 1.98. The van der Waals surface area contributed by atoms with Crippen molar-refractivity contribution in [2.75, 3.05) is 0 Å². The van der Waals surface area contributed by atoms with Crippen molar-refractivity contribution in [1.82, 2.24) is 0 Å². The van der Waals surface area contributed by atoms with Crippen LogP contribution in [0.15, 0.2) is 24.3 Å². The second-order valence-electron chi connectivity index (χ2n) is 5.09. The Bertz CT molecular complexity index is 248. The van der Waals surface area contributed by atoms with Gasteiger partial charge in [-0.1, -0.05) is 70.2 Å². The average Bonchev–Trinajstić information content (AvgIpc) is 2.29. The molecule has 0 aromatic heterocycles. The van der Waals surface area contributed by atoms with Gasteiger partial charge in [0, 0.05) is 0 Å². The van der Waals surface area contributed by atoms with Gasteiger partial charge >= 0.3 is 0 Å². The molecule has 0 spiro atoms. The van der Waals surface area contributed by atoms with Crippen molar-refractivity contribution in [2.45, 2.75) is 58.8 Å². The SMILES string of the molecule is CC(C)CCCCCCCc1[c]cccc1. The zero-order valence-electron chi connectivity index (χ0n) is 10.8. The number of hydrogen-bond acceptors (Lipinski definition) is 0. The minimum absolute atomic E-state index is 0.874. The van der Waals surface area contributed by atoms with Crippen LogP contribution in [0, 0.1) is 12.0 Å². The van der Waals surface area contributed by atoms with Crippen LogP contribution in [0.4, 0.5) is 0 Å². The van der Waals surface area contributed by atoms with Gasteiger partial charge in [-0.15, -0.1) is 0 Å². The summed E-state index contributed by atoms with van der Waals surface area (Å²) in [6.45, 7) is 4.62. The van der Waals surface area contributed by atoms with Crippen LogP contribution in [0.1, 0.15) is 57.9 Å². The summed E-state index contributed by atoms with van der Waals surface area (Å²) >= 11 is 0. The normalized spacial score (nSPS) is 10.9. The molecule has 0 atom stereocenters. The number of rotatable bonds is 8. The Morgan fingerprint density at radius 1 is 1.00 bits per heavy atom. The second-order valence-corrected chi connectivity index (χ2v) is 5.09. The van der Waals surface area contributed by atoms with Crippen molar-refractivity contribution in [2.24, 2.45) is 5.92 Å². The molecular weight excluding hydrogens is 192 g/mol. The molecule has 0 heteroatoms. The summed E-state index contributed by atoms with van der Waals surface area (Å²) < 4.78 is 0. The molecule has 1 aromatic rings. The van der Waals surface area contributed by atoms with Gasteiger partial charge in [0.15, 0.2) is 0 Å². The molecule has 1 aromatic carbocycles. The van der Waals surface area contributed by atoms with E-state index in [1.165, 1.54) is 50.5 Å². The highest BCUT2D eigenvalue weighted by Gasteiger charge is 1.95. The lowest BCUT2D eigenvalue weighted by atomic mass is 10.0. The van der Waals surface area contributed by atoms with E-state index in [0.29, 0.717) is 0 Å². The third-order valence-electron chi connectivity index (χ3n) is 3.00. The van der Waals surface area contributed by atoms with Crippen LogP contribution in [-0.2, 0) is 6.42 Å². The molecule has 0 nitrogen and oxygen atoms in total. The van der Waals surface area contributed by atoms with Gasteiger partial charge in [-0.25, -0.2) is 0 Å². The summed E-state index contributed by atoms with van der Waals surface area (Å²) in [6, 6.07) is 11.6. The second kappa shape index (κ2) is 8.38. The molecule has 0 aliphatic carbocycles. The topological polar surface area (TPSA) is 0 Å². The molecule has 0 bridgehead atoms. The fraction of sp³-hybridized carbons (Fsp3) is 0.625. The Hall–Kier alpha value is -0.780. The molecule has 89 valence electrons. The van der Waals surface area contributed by atoms with Crippen molar-refractivity contribution in [3.8, 4) is 0 Å². The van der Waals surface area contributed by atoms with Crippen molar-refractivity contribution >= 4 is 0 Å². The number of hydrogen-bond donors (Lipinski definition) is 0. The third kappa shape index (κ3) is 6.66. The summed E-state index contributed by atoms with van der Waals surface area (Å²) in [5, 5.41) is 0. The first kappa shape index (κ1) is 13.3. The molecule has 1 radical (unpaired) electrons. The lowest BCUT2D eigenvalue weighted by Crippen LogP contribution is -1.88. The van der Waals surface area contributed by atoms with E-state index in [0.717, 1.165) is 5.92 Å². The van der Waals surface area contributed by atoms with E-state index < -0.39 is 0 Å². The van der Waals surface area contributed by atoms with Crippen LogP contribution in [0.5, 0.6) is 0 Å². The largest absolute Gasteiger partial charge is 0.0628 e. The van der Waals surface area contributed by atoms with Crippen LogP contribution >= 0.6 is 0 Å². The highest BCUT2D eigenvalue weighted by molar-refractivity contribution is 5.12. The molecular formula is C16H25. The minimum atomic E-state index is 0.874. The molecule has 16 heavy (non-hydrogen) atoms. The highest BCUT2D eigenvalue weighted by atomic mass is 14.0.